The zero-order valence-corrected chi connectivity index (χ0v) is 21.0. The first-order valence-electron chi connectivity index (χ1n) is 11.0. The molecule has 0 fully saturated rings. The van der Waals surface area contributed by atoms with Gasteiger partial charge in [-0.2, -0.15) is 8.42 Å². The van der Waals surface area contributed by atoms with E-state index in [9.17, 15) is 17.2 Å². The van der Waals surface area contributed by atoms with Crippen molar-refractivity contribution in [2.24, 2.45) is 0 Å². The summed E-state index contributed by atoms with van der Waals surface area (Å²) in [5.41, 5.74) is 6.03. The molecule has 1 atom stereocenters. The largest absolute Gasteiger partial charge is 0.355 e. The summed E-state index contributed by atoms with van der Waals surface area (Å²) in [5, 5.41) is 3.15. The van der Waals surface area contributed by atoms with Gasteiger partial charge in [0.15, 0.2) is 0 Å². The van der Waals surface area contributed by atoms with Gasteiger partial charge in [-0.1, -0.05) is 54.6 Å². The van der Waals surface area contributed by atoms with E-state index in [-0.39, 0.29) is 4.90 Å². The molecule has 0 heterocycles. The molecule has 0 radical (unpaired) electrons. The lowest BCUT2D eigenvalue weighted by Crippen LogP contribution is -1.99. The Kier molecular flexibility index (Phi) is 7.12. The number of hydrogen-bond donors (Lipinski definition) is 2. The van der Waals surface area contributed by atoms with Crippen molar-refractivity contribution in [3.8, 4) is 0 Å². The van der Waals surface area contributed by atoms with E-state index >= 15 is 0 Å². The van der Waals surface area contributed by atoms with E-state index in [0.29, 0.717) is 5.69 Å². The third kappa shape index (κ3) is 6.82. The Hall–Kier alpha value is -3.39. The minimum atomic E-state index is -4.24. The maximum Gasteiger partial charge on any atom is 0.294 e. The summed E-state index contributed by atoms with van der Waals surface area (Å²) >= 11 is 0. The molecule has 4 aromatic carbocycles. The molecule has 0 aromatic heterocycles. The molecule has 1 unspecified atom stereocenters. The standard InChI is InChI=1S/C28H27NO4S2/c1-34(2,30)27-7-3-5-24(19-27)18-22-11-9-21(10-12-22)17-23-13-15-25(16-14-23)29-26-6-4-8-28(20-26)35(31,32)33/h3-16,19-20,29H,1,17-18H2,2H3,(H,31,32,33). The molecule has 35 heavy (non-hydrogen) atoms. The van der Waals surface area contributed by atoms with E-state index in [1.54, 1.807) is 18.4 Å². The summed E-state index contributed by atoms with van der Waals surface area (Å²) in [6, 6.07) is 30.2. The van der Waals surface area contributed by atoms with Crippen LogP contribution in [-0.4, -0.2) is 29.3 Å². The van der Waals surface area contributed by atoms with Crippen LogP contribution in [0.5, 0.6) is 0 Å². The summed E-state index contributed by atoms with van der Waals surface area (Å²) < 4.78 is 44.1. The second-order valence-corrected chi connectivity index (χ2v) is 12.6. The monoisotopic (exact) mass is 505 g/mol. The Balaban J connectivity index is 1.39. The van der Waals surface area contributed by atoms with E-state index in [4.69, 9.17) is 0 Å². The smallest absolute Gasteiger partial charge is 0.294 e. The Morgan fingerprint density at radius 3 is 1.74 bits per heavy atom. The van der Waals surface area contributed by atoms with Crippen LogP contribution in [0.1, 0.15) is 22.3 Å². The number of benzene rings is 4. The van der Waals surface area contributed by atoms with Gasteiger partial charge >= 0.3 is 0 Å². The number of rotatable bonds is 8. The fourth-order valence-corrected chi connectivity index (χ4v) is 5.07. The normalized spacial score (nSPS) is 13.2. The van der Waals surface area contributed by atoms with Crippen molar-refractivity contribution in [1.82, 2.24) is 0 Å². The van der Waals surface area contributed by atoms with Crippen LogP contribution >= 0.6 is 0 Å². The first-order chi connectivity index (χ1) is 16.6. The van der Waals surface area contributed by atoms with E-state index in [1.807, 2.05) is 48.5 Å². The first kappa shape index (κ1) is 24.7. The van der Waals surface area contributed by atoms with Gasteiger partial charge in [0.25, 0.3) is 10.1 Å². The van der Waals surface area contributed by atoms with E-state index in [1.165, 1.54) is 23.3 Å². The predicted molar refractivity (Wildman–Crippen MR) is 144 cm³/mol. The first-order valence-corrected chi connectivity index (χ1v) is 14.6. The zero-order valence-electron chi connectivity index (χ0n) is 19.3. The van der Waals surface area contributed by atoms with Crippen LogP contribution in [-0.2, 0) is 32.5 Å². The number of anilines is 2. The number of nitrogens with one attached hydrogen (secondary N) is 1. The Morgan fingerprint density at radius 2 is 1.17 bits per heavy atom. The quantitative estimate of drug-likeness (QED) is 0.242. The molecule has 0 aliphatic carbocycles. The van der Waals surface area contributed by atoms with Crippen molar-refractivity contribution in [1.29, 1.82) is 0 Å². The molecule has 0 spiro atoms. The average Bonchev–Trinajstić information content (AvgIpc) is 2.81. The highest BCUT2D eigenvalue weighted by Crippen LogP contribution is 2.22. The third-order valence-electron chi connectivity index (χ3n) is 5.61. The van der Waals surface area contributed by atoms with Crippen molar-refractivity contribution >= 4 is 36.9 Å². The molecule has 7 heteroatoms. The van der Waals surface area contributed by atoms with Gasteiger partial charge < -0.3 is 5.32 Å². The van der Waals surface area contributed by atoms with Crippen LogP contribution in [0.15, 0.2) is 107 Å². The molecule has 0 bridgehead atoms. The molecule has 0 amide bonds. The lowest BCUT2D eigenvalue weighted by molar-refractivity contribution is 0.483. The predicted octanol–water partition coefficient (Wildman–Crippen LogP) is 5.56. The minimum absolute atomic E-state index is 0.150. The average molecular weight is 506 g/mol. The van der Waals surface area contributed by atoms with Gasteiger partial charge in [0, 0.05) is 22.5 Å². The molecule has 4 rings (SSSR count). The Bertz CT molecular complexity index is 1420. The fourth-order valence-electron chi connectivity index (χ4n) is 3.78. The van der Waals surface area contributed by atoms with Gasteiger partial charge in [0.05, 0.1) is 4.90 Å². The lowest BCUT2D eigenvalue weighted by Gasteiger charge is -2.10. The van der Waals surface area contributed by atoms with Crippen LogP contribution in [0.25, 0.3) is 0 Å². The van der Waals surface area contributed by atoms with Gasteiger partial charge in [0.2, 0.25) is 0 Å². The molecule has 2 N–H and O–H groups in total. The molecular formula is C28H27NO4S2. The summed E-state index contributed by atoms with van der Waals surface area (Å²) in [7, 11) is -6.47. The van der Waals surface area contributed by atoms with Gasteiger partial charge in [-0.05, 0) is 93.0 Å². The van der Waals surface area contributed by atoms with Crippen molar-refractivity contribution in [3.05, 3.63) is 119 Å². The van der Waals surface area contributed by atoms with Crippen molar-refractivity contribution in [2.45, 2.75) is 22.6 Å². The highest BCUT2D eigenvalue weighted by atomic mass is 32.2. The summed E-state index contributed by atoms with van der Waals surface area (Å²) in [6.07, 6.45) is 3.21. The molecule has 180 valence electrons. The van der Waals surface area contributed by atoms with Crippen molar-refractivity contribution in [2.75, 3.05) is 11.6 Å². The van der Waals surface area contributed by atoms with Gasteiger partial charge in [-0.3, -0.25) is 8.76 Å². The maximum atomic E-state index is 12.2. The van der Waals surface area contributed by atoms with E-state index in [2.05, 4.69) is 35.5 Å². The van der Waals surface area contributed by atoms with E-state index < -0.39 is 19.6 Å². The third-order valence-corrected chi connectivity index (χ3v) is 7.71. The Labute approximate surface area is 207 Å². The highest BCUT2D eigenvalue weighted by Gasteiger charge is 2.09. The summed E-state index contributed by atoms with van der Waals surface area (Å²) in [6.45, 7) is 0. The van der Waals surface area contributed by atoms with Crippen molar-refractivity contribution < 1.29 is 17.2 Å². The van der Waals surface area contributed by atoms with Crippen LogP contribution in [0.4, 0.5) is 11.4 Å². The summed E-state index contributed by atoms with van der Waals surface area (Å²) in [4.78, 5) is 0.623. The molecular weight excluding hydrogens is 478 g/mol. The van der Waals surface area contributed by atoms with Crippen molar-refractivity contribution in [3.63, 3.8) is 0 Å². The van der Waals surface area contributed by atoms with Gasteiger partial charge in [-0.25, -0.2) is 0 Å². The van der Waals surface area contributed by atoms with Crippen LogP contribution < -0.4 is 5.32 Å². The lowest BCUT2D eigenvalue weighted by atomic mass is 10.0. The van der Waals surface area contributed by atoms with Crippen LogP contribution in [0, 0.1) is 0 Å². The van der Waals surface area contributed by atoms with Crippen LogP contribution in [0.2, 0.25) is 0 Å². The highest BCUT2D eigenvalue weighted by molar-refractivity contribution is 7.99. The minimum Gasteiger partial charge on any atom is -0.355 e. The number of hydrogen-bond acceptors (Lipinski definition) is 4. The van der Waals surface area contributed by atoms with Crippen LogP contribution in [0.3, 0.4) is 0 Å². The molecule has 0 saturated heterocycles. The topological polar surface area (TPSA) is 83.5 Å². The van der Waals surface area contributed by atoms with Gasteiger partial charge in [-0.15, -0.1) is 0 Å². The molecule has 0 saturated carbocycles. The SMILES string of the molecule is C=S(C)(=O)c1cccc(Cc2ccc(Cc3ccc(Nc4cccc(S(=O)(=O)O)c4)cc3)cc2)c1. The van der Waals surface area contributed by atoms with E-state index in [0.717, 1.165) is 34.6 Å². The second-order valence-electron chi connectivity index (χ2n) is 8.65. The Morgan fingerprint density at radius 1 is 0.657 bits per heavy atom. The second kappa shape index (κ2) is 10.1. The molecule has 0 aliphatic heterocycles. The molecule has 0 aliphatic rings. The molecule has 5 nitrogen and oxygen atoms in total. The fraction of sp³-hybridized carbons (Fsp3) is 0.107. The maximum absolute atomic E-state index is 12.2. The molecule has 4 aromatic rings. The summed E-state index contributed by atoms with van der Waals surface area (Å²) in [5.74, 6) is 3.77. The van der Waals surface area contributed by atoms with Gasteiger partial charge in [0.1, 0.15) is 0 Å². The zero-order chi connectivity index (χ0) is 25.1.